The SMILES string of the molecule is C[C@H]1CN(C(=O)CSc2nnc(-c3cccnc3)n2-c2ccc(SC(F)F)cc2)C[C@H](C)O1. The molecule has 0 saturated carbocycles. The molecule has 0 N–H and O–H groups in total. The second-order valence-corrected chi connectivity index (χ2v) is 9.61. The molecule has 1 aliphatic rings. The van der Waals surface area contributed by atoms with Crippen LogP contribution in [0.1, 0.15) is 13.8 Å². The van der Waals surface area contributed by atoms with E-state index in [2.05, 4.69) is 15.2 Å². The number of ether oxygens (including phenoxy) is 1. The van der Waals surface area contributed by atoms with Gasteiger partial charge in [-0.1, -0.05) is 23.5 Å². The molecule has 1 aromatic carbocycles. The van der Waals surface area contributed by atoms with Crippen molar-refractivity contribution in [1.29, 1.82) is 0 Å². The Kier molecular flexibility index (Phi) is 7.61. The molecule has 174 valence electrons. The van der Waals surface area contributed by atoms with E-state index in [1.807, 2.05) is 29.4 Å². The number of halogens is 2. The van der Waals surface area contributed by atoms with E-state index in [1.165, 1.54) is 11.8 Å². The van der Waals surface area contributed by atoms with E-state index < -0.39 is 5.76 Å². The van der Waals surface area contributed by atoms with Crippen LogP contribution in [0.25, 0.3) is 17.1 Å². The first kappa shape index (κ1) is 23.7. The zero-order valence-electron chi connectivity index (χ0n) is 18.1. The Labute approximate surface area is 198 Å². The minimum atomic E-state index is -2.49. The van der Waals surface area contributed by atoms with Gasteiger partial charge in [0.15, 0.2) is 11.0 Å². The summed E-state index contributed by atoms with van der Waals surface area (Å²) in [7, 11) is 0. The highest BCUT2D eigenvalue weighted by Crippen LogP contribution is 2.30. The van der Waals surface area contributed by atoms with Crippen LogP contribution in [0.15, 0.2) is 58.8 Å². The average molecular weight is 492 g/mol. The van der Waals surface area contributed by atoms with E-state index in [0.717, 1.165) is 5.56 Å². The molecular weight excluding hydrogens is 468 g/mol. The number of morpholine rings is 1. The number of thioether (sulfide) groups is 2. The summed E-state index contributed by atoms with van der Waals surface area (Å²) in [4.78, 5) is 19.3. The molecule has 0 radical (unpaired) electrons. The normalized spacial score (nSPS) is 18.6. The smallest absolute Gasteiger partial charge is 0.288 e. The summed E-state index contributed by atoms with van der Waals surface area (Å²) in [5.41, 5.74) is 1.46. The van der Waals surface area contributed by atoms with Crippen molar-refractivity contribution in [3.63, 3.8) is 0 Å². The van der Waals surface area contributed by atoms with Gasteiger partial charge in [0, 0.05) is 41.6 Å². The van der Waals surface area contributed by atoms with Crippen LogP contribution in [0.3, 0.4) is 0 Å². The summed E-state index contributed by atoms with van der Waals surface area (Å²) in [6.45, 7) is 5.02. The van der Waals surface area contributed by atoms with Crippen LogP contribution in [0.5, 0.6) is 0 Å². The summed E-state index contributed by atoms with van der Waals surface area (Å²) >= 11 is 1.78. The fourth-order valence-corrected chi connectivity index (χ4v) is 5.01. The molecule has 11 heteroatoms. The predicted octanol–water partition coefficient (Wildman–Crippen LogP) is 4.37. The topological polar surface area (TPSA) is 73.1 Å². The minimum Gasteiger partial charge on any atom is -0.372 e. The highest BCUT2D eigenvalue weighted by molar-refractivity contribution is 8.00. The number of carbonyl (C=O) groups is 1. The van der Waals surface area contributed by atoms with Crippen LogP contribution in [0, 0.1) is 0 Å². The quantitative estimate of drug-likeness (QED) is 0.455. The first-order valence-electron chi connectivity index (χ1n) is 10.4. The average Bonchev–Trinajstić information content (AvgIpc) is 3.21. The summed E-state index contributed by atoms with van der Waals surface area (Å²) in [5, 5.41) is 9.18. The van der Waals surface area contributed by atoms with Gasteiger partial charge in [-0.2, -0.15) is 8.78 Å². The van der Waals surface area contributed by atoms with E-state index in [0.29, 0.717) is 46.4 Å². The minimum absolute atomic E-state index is 0.00293. The van der Waals surface area contributed by atoms with Crippen molar-refractivity contribution in [2.24, 2.45) is 0 Å². The van der Waals surface area contributed by atoms with Crippen molar-refractivity contribution in [3.8, 4) is 17.1 Å². The second kappa shape index (κ2) is 10.6. The fourth-order valence-electron chi connectivity index (χ4n) is 3.65. The van der Waals surface area contributed by atoms with E-state index in [1.54, 1.807) is 42.7 Å². The lowest BCUT2D eigenvalue weighted by Gasteiger charge is -2.35. The van der Waals surface area contributed by atoms with Crippen molar-refractivity contribution in [3.05, 3.63) is 48.8 Å². The largest absolute Gasteiger partial charge is 0.372 e. The Balaban J connectivity index is 1.59. The summed E-state index contributed by atoms with van der Waals surface area (Å²) in [6, 6.07) is 10.4. The number of pyridine rings is 1. The summed E-state index contributed by atoms with van der Waals surface area (Å²) in [5.74, 6) is -1.73. The molecule has 2 atom stereocenters. The molecule has 4 rings (SSSR count). The lowest BCUT2D eigenvalue weighted by Crippen LogP contribution is -2.48. The van der Waals surface area contributed by atoms with Crippen molar-refractivity contribution < 1.29 is 18.3 Å². The maximum atomic E-state index is 12.8. The third-order valence-corrected chi connectivity index (χ3v) is 6.61. The van der Waals surface area contributed by atoms with Crippen LogP contribution < -0.4 is 0 Å². The number of hydrogen-bond donors (Lipinski definition) is 0. The molecule has 33 heavy (non-hydrogen) atoms. The molecule has 0 bridgehead atoms. The van der Waals surface area contributed by atoms with Crippen molar-refractivity contribution >= 4 is 29.4 Å². The van der Waals surface area contributed by atoms with Gasteiger partial charge >= 0.3 is 0 Å². The fraction of sp³-hybridized carbons (Fsp3) is 0.364. The lowest BCUT2D eigenvalue weighted by molar-refractivity contribution is -0.140. The zero-order valence-corrected chi connectivity index (χ0v) is 19.7. The van der Waals surface area contributed by atoms with Gasteiger partial charge in [-0.05, 0) is 50.2 Å². The molecule has 1 aliphatic heterocycles. The Bertz CT molecular complexity index is 1070. The summed E-state index contributed by atoms with van der Waals surface area (Å²) < 4.78 is 32.9. The van der Waals surface area contributed by atoms with Crippen LogP contribution in [-0.4, -0.2) is 67.4 Å². The van der Waals surface area contributed by atoms with Gasteiger partial charge in [0.05, 0.1) is 18.0 Å². The number of hydrogen-bond acceptors (Lipinski definition) is 7. The van der Waals surface area contributed by atoms with E-state index in [9.17, 15) is 13.6 Å². The molecule has 0 unspecified atom stereocenters. The van der Waals surface area contributed by atoms with Gasteiger partial charge < -0.3 is 9.64 Å². The van der Waals surface area contributed by atoms with E-state index in [4.69, 9.17) is 4.74 Å². The number of carbonyl (C=O) groups excluding carboxylic acids is 1. The van der Waals surface area contributed by atoms with Gasteiger partial charge in [-0.3, -0.25) is 14.3 Å². The van der Waals surface area contributed by atoms with Gasteiger partial charge in [0.1, 0.15) is 0 Å². The first-order valence-corrected chi connectivity index (χ1v) is 12.2. The molecule has 1 saturated heterocycles. The highest BCUT2D eigenvalue weighted by atomic mass is 32.2. The third kappa shape index (κ3) is 5.90. The number of aromatic nitrogens is 4. The van der Waals surface area contributed by atoms with E-state index in [-0.39, 0.29) is 23.9 Å². The van der Waals surface area contributed by atoms with Crippen LogP contribution >= 0.6 is 23.5 Å². The Morgan fingerprint density at radius 1 is 1.15 bits per heavy atom. The number of nitrogens with zero attached hydrogens (tertiary/aromatic N) is 5. The number of benzene rings is 1. The molecule has 3 heterocycles. The van der Waals surface area contributed by atoms with Gasteiger partial charge in [0.25, 0.3) is 5.76 Å². The maximum Gasteiger partial charge on any atom is 0.288 e. The van der Waals surface area contributed by atoms with E-state index >= 15 is 0 Å². The molecule has 1 fully saturated rings. The Hall–Kier alpha value is -2.50. The monoisotopic (exact) mass is 491 g/mol. The predicted molar refractivity (Wildman–Crippen MR) is 124 cm³/mol. The van der Waals surface area contributed by atoms with Gasteiger partial charge in [-0.15, -0.1) is 10.2 Å². The zero-order chi connectivity index (χ0) is 23.4. The third-order valence-electron chi connectivity index (χ3n) is 4.97. The summed E-state index contributed by atoms with van der Waals surface area (Å²) in [6.07, 6.45) is 3.33. The maximum absolute atomic E-state index is 12.8. The molecule has 0 spiro atoms. The first-order chi connectivity index (χ1) is 15.9. The second-order valence-electron chi connectivity index (χ2n) is 7.60. The van der Waals surface area contributed by atoms with Gasteiger partial charge in [-0.25, -0.2) is 0 Å². The molecule has 3 aromatic rings. The number of amides is 1. The van der Waals surface area contributed by atoms with Crippen LogP contribution in [-0.2, 0) is 9.53 Å². The Morgan fingerprint density at radius 2 is 1.88 bits per heavy atom. The Morgan fingerprint density at radius 3 is 2.52 bits per heavy atom. The van der Waals surface area contributed by atoms with Crippen molar-refractivity contribution in [2.75, 3.05) is 18.8 Å². The number of rotatable bonds is 7. The molecule has 1 amide bonds. The van der Waals surface area contributed by atoms with Crippen LogP contribution in [0.4, 0.5) is 8.78 Å². The van der Waals surface area contributed by atoms with Crippen molar-refractivity contribution in [2.45, 2.75) is 41.9 Å². The molecule has 2 aromatic heterocycles. The molecule has 7 nitrogen and oxygen atoms in total. The molecular formula is C22H23F2N5O2S2. The molecule has 0 aliphatic carbocycles. The standard InChI is InChI=1S/C22H23F2N5O2S2/c1-14-11-28(12-15(2)31-14)19(30)13-32-22-27-26-20(16-4-3-9-25-10-16)29(22)17-5-7-18(8-6-17)33-21(23)24/h3-10,14-15,21H,11-13H2,1-2H3/t14-,15-/m0/s1. The lowest BCUT2D eigenvalue weighted by atomic mass is 10.2. The van der Waals surface area contributed by atoms with Crippen molar-refractivity contribution in [1.82, 2.24) is 24.6 Å². The van der Waals surface area contributed by atoms with Crippen LogP contribution in [0.2, 0.25) is 0 Å². The number of alkyl halides is 2. The van der Waals surface area contributed by atoms with Gasteiger partial charge in [0.2, 0.25) is 5.91 Å². The highest BCUT2D eigenvalue weighted by Gasteiger charge is 2.26.